The highest BCUT2D eigenvalue weighted by molar-refractivity contribution is 5.99. The normalized spacial score (nSPS) is 10.9. The van der Waals surface area contributed by atoms with Crippen molar-refractivity contribution in [3.8, 4) is 11.1 Å². The molecule has 0 saturated heterocycles. The minimum Gasteiger partial charge on any atom is -0.481 e. The molecule has 31 heavy (non-hydrogen) atoms. The number of hydrogen-bond acceptors (Lipinski definition) is 4. The summed E-state index contributed by atoms with van der Waals surface area (Å²) in [5.74, 6) is -0.869. The number of aliphatic hydroxyl groups is 1. The van der Waals surface area contributed by atoms with Crippen LogP contribution in [0.2, 0.25) is 0 Å². The molecule has 0 saturated carbocycles. The fourth-order valence-corrected chi connectivity index (χ4v) is 3.77. The van der Waals surface area contributed by atoms with Crippen molar-refractivity contribution < 1.29 is 19.8 Å². The molecule has 0 radical (unpaired) electrons. The van der Waals surface area contributed by atoms with Crippen LogP contribution in [0.25, 0.3) is 22.0 Å². The van der Waals surface area contributed by atoms with Crippen LogP contribution >= 0.6 is 0 Å². The number of hydrogen-bond donors (Lipinski definition) is 3. The number of fused-ring (bicyclic) bond motifs is 1. The first-order chi connectivity index (χ1) is 15.1. The Kier molecular flexibility index (Phi) is 8.12. The van der Waals surface area contributed by atoms with Crippen molar-refractivity contribution in [1.82, 2.24) is 10.3 Å². The molecule has 2 aromatic carbocycles. The number of benzene rings is 2. The minimum absolute atomic E-state index is 0.0537. The van der Waals surface area contributed by atoms with Crippen LogP contribution in [0.15, 0.2) is 54.7 Å². The van der Waals surface area contributed by atoms with Gasteiger partial charge in [-0.3, -0.25) is 14.6 Å². The zero-order valence-electron chi connectivity index (χ0n) is 17.5. The van der Waals surface area contributed by atoms with E-state index in [1.54, 1.807) is 6.20 Å². The lowest BCUT2D eigenvalue weighted by Gasteiger charge is -2.15. The van der Waals surface area contributed by atoms with Crippen molar-refractivity contribution in [1.29, 1.82) is 0 Å². The molecule has 1 amide bonds. The van der Waals surface area contributed by atoms with Gasteiger partial charge in [0.15, 0.2) is 0 Å². The van der Waals surface area contributed by atoms with E-state index >= 15 is 0 Å². The van der Waals surface area contributed by atoms with Gasteiger partial charge in [-0.15, -0.1) is 0 Å². The third-order valence-electron chi connectivity index (χ3n) is 5.24. The Morgan fingerprint density at radius 1 is 0.935 bits per heavy atom. The summed E-state index contributed by atoms with van der Waals surface area (Å²) < 4.78 is 0. The monoisotopic (exact) mass is 420 g/mol. The highest BCUT2D eigenvalue weighted by atomic mass is 16.4. The van der Waals surface area contributed by atoms with E-state index in [2.05, 4.69) is 10.3 Å². The maximum atomic E-state index is 12.6. The molecular weight excluding hydrogens is 392 g/mol. The van der Waals surface area contributed by atoms with Crippen LogP contribution in [-0.2, 0) is 22.4 Å². The molecule has 3 rings (SSSR count). The number of nitrogens with zero attached hydrogens (tertiary/aromatic N) is 1. The molecule has 6 heteroatoms. The second-order valence-electron chi connectivity index (χ2n) is 7.54. The molecule has 6 nitrogen and oxygen atoms in total. The number of aromatic nitrogens is 1. The smallest absolute Gasteiger partial charge is 0.303 e. The van der Waals surface area contributed by atoms with Gasteiger partial charge < -0.3 is 15.5 Å². The number of carboxylic acids is 1. The van der Waals surface area contributed by atoms with Crippen molar-refractivity contribution in [2.24, 2.45) is 0 Å². The van der Waals surface area contributed by atoms with E-state index in [0.717, 1.165) is 46.0 Å². The van der Waals surface area contributed by atoms with E-state index in [-0.39, 0.29) is 25.4 Å². The molecule has 0 aliphatic carbocycles. The number of pyridine rings is 1. The van der Waals surface area contributed by atoms with E-state index in [1.165, 1.54) is 0 Å². The average molecular weight is 421 g/mol. The van der Waals surface area contributed by atoms with Gasteiger partial charge in [0.2, 0.25) is 5.91 Å². The number of para-hydroxylation sites is 1. The molecule has 1 aromatic heterocycles. The topological polar surface area (TPSA) is 99.5 Å². The lowest BCUT2D eigenvalue weighted by molar-refractivity contribution is -0.137. The number of carbonyl (C=O) groups excluding carboxylic acids is 1. The zero-order valence-corrected chi connectivity index (χ0v) is 17.5. The van der Waals surface area contributed by atoms with Crippen LogP contribution in [0.4, 0.5) is 0 Å². The van der Waals surface area contributed by atoms with Crippen molar-refractivity contribution in [3.05, 3.63) is 65.9 Å². The lowest BCUT2D eigenvalue weighted by atomic mass is 9.93. The number of aliphatic carboxylic acids is 1. The Hall–Kier alpha value is -3.25. The fourth-order valence-electron chi connectivity index (χ4n) is 3.77. The summed E-state index contributed by atoms with van der Waals surface area (Å²) >= 11 is 0. The number of amides is 1. The number of carboxylic acid groups (broad SMARTS) is 1. The molecule has 0 aliphatic rings. The fraction of sp³-hybridized carbons (Fsp3) is 0.320. The van der Waals surface area contributed by atoms with Crippen molar-refractivity contribution >= 4 is 22.8 Å². The molecule has 0 bridgehead atoms. The Balaban J connectivity index is 1.80. The number of rotatable bonds is 11. The van der Waals surface area contributed by atoms with E-state index in [4.69, 9.17) is 5.11 Å². The van der Waals surface area contributed by atoms with Gasteiger partial charge in [-0.1, -0.05) is 55.0 Å². The van der Waals surface area contributed by atoms with Gasteiger partial charge in [0.25, 0.3) is 0 Å². The maximum Gasteiger partial charge on any atom is 0.303 e. The van der Waals surface area contributed by atoms with E-state index in [0.29, 0.717) is 19.4 Å². The van der Waals surface area contributed by atoms with Crippen LogP contribution in [0, 0.1) is 0 Å². The second kappa shape index (κ2) is 11.2. The number of nitrogens with one attached hydrogen (secondary N) is 1. The summed E-state index contributed by atoms with van der Waals surface area (Å²) in [4.78, 5) is 27.8. The summed E-state index contributed by atoms with van der Waals surface area (Å²) in [6.07, 6.45) is 4.81. The van der Waals surface area contributed by atoms with Crippen LogP contribution in [-0.4, -0.2) is 40.2 Å². The summed E-state index contributed by atoms with van der Waals surface area (Å²) in [6, 6.07) is 15.9. The van der Waals surface area contributed by atoms with Crippen LogP contribution in [0.1, 0.15) is 36.8 Å². The Morgan fingerprint density at radius 2 is 1.74 bits per heavy atom. The predicted molar refractivity (Wildman–Crippen MR) is 121 cm³/mol. The number of unbranched alkanes of at least 4 members (excludes halogenated alkanes) is 2. The maximum absolute atomic E-state index is 12.6. The van der Waals surface area contributed by atoms with Crippen molar-refractivity contribution in [2.45, 2.75) is 38.5 Å². The van der Waals surface area contributed by atoms with Crippen LogP contribution in [0.3, 0.4) is 0 Å². The minimum atomic E-state index is -0.788. The molecule has 0 spiro atoms. The number of carbonyl (C=O) groups is 2. The highest BCUT2D eigenvalue weighted by Gasteiger charge is 2.15. The Morgan fingerprint density at radius 3 is 2.48 bits per heavy atom. The molecule has 0 atom stereocenters. The molecule has 0 fully saturated rings. The van der Waals surface area contributed by atoms with Gasteiger partial charge in [0.1, 0.15) is 0 Å². The van der Waals surface area contributed by atoms with Crippen LogP contribution in [0.5, 0.6) is 0 Å². The Labute approximate surface area is 182 Å². The molecule has 3 aromatic rings. The van der Waals surface area contributed by atoms with Gasteiger partial charge in [-0.2, -0.15) is 0 Å². The third kappa shape index (κ3) is 6.12. The standard InChI is InChI=1S/C25H28N2O4/c28-15-13-19-10-7-11-21-24(18-8-3-1-4-9-18)20(17-27-25(19)21)16-22(29)26-14-6-2-5-12-23(30)31/h1,3-4,7-11,17,28H,2,5-6,12-16H2,(H,26,29)(H,30,31). The zero-order chi connectivity index (χ0) is 22.1. The summed E-state index contributed by atoms with van der Waals surface area (Å²) in [5, 5.41) is 22.0. The SMILES string of the molecule is O=C(O)CCCCCNC(=O)Cc1cnc2c(CCO)cccc2c1-c1ccccc1. The Bertz CT molecular complexity index is 1030. The van der Waals surface area contributed by atoms with Crippen LogP contribution < -0.4 is 5.32 Å². The van der Waals surface area contributed by atoms with Gasteiger partial charge in [-0.05, 0) is 41.5 Å². The molecule has 162 valence electrons. The largest absolute Gasteiger partial charge is 0.481 e. The second-order valence-corrected chi connectivity index (χ2v) is 7.54. The molecule has 0 aliphatic heterocycles. The predicted octanol–water partition coefficient (Wildman–Crippen LogP) is 3.74. The van der Waals surface area contributed by atoms with E-state index < -0.39 is 5.97 Å². The quantitative estimate of drug-likeness (QED) is 0.411. The first kappa shape index (κ1) is 22.4. The van der Waals surface area contributed by atoms with Gasteiger partial charge in [0.05, 0.1) is 11.9 Å². The summed E-state index contributed by atoms with van der Waals surface area (Å²) in [5.41, 5.74) is 4.69. The van der Waals surface area contributed by atoms with Crippen molar-refractivity contribution in [3.63, 3.8) is 0 Å². The first-order valence-corrected chi connectivity index (χ1v) is 10.6. The first-order valence-electron chi connectivity index (χ1n) is 10.6. The van der Waals surface area contributed by atoms with Gasteiger partial charge in [0, 0.05) is 31.2 Å². The highest BCUT2D eigenvalue weighted by Crippen LogP contribution is 2.32. The molecule has 0 unspecified atom stereocenters. The van der Waals surface area contributed by atoms with Gasteiger partial charge >= 0.3 is 5.97 Å². The lowest BCUT2D eigenvalue weighted by Crippen LogP contribution is -2.26. The molecular formula is C25H28N2O4. The van der Waals surface area contributed by atoms with E-state index in [9.17, 15) is 14.7 Å². The van der Waals surface area contributed by atoms with E-state index in [1.807, 2.05) is 48.5 Å². The molecule has 3 N–H and O–H groups in total. The van der Waals surface area contributed by atoms with Crippen molar-refractivity contribution in [2.75, 3.05) is 13.2 Å². The average Bonchev–Trinajstić information content (AvgIpc) is 2.76. The summed E-state index contributed by atoms with van der Waals surface area (Å²) in [6.45, 7) is 0.582. The summed E-state index contributed by atoms with van der Waals surface area (Å²) in [7, 11) is 0. The number of aliphatic hydroxyl groups excluding tert-OH is 1. The third-order valence-corrected chi connectivity index (χ3v) is 5.24. The van der Waals surface area contributed by atoms with Gasteiger partial charge in [-0.25, -0.2) is 0 Å². The molecule has 1 heterocycles.